The lowest BCUT2D eigenvalue weighted by atomic mass is 10.1. The van der Waals surface area contributed by atoms with E-state index in [2.05, 4.69) is 20.6 Å². The van der Waals surface area contributed by atoms with Crippen LogP contribution in [0.3, 0.4) is 0 Å². The van der Waals surface area contributed by atoms with Gasteiger partial charge in [-0.3, -0.25) is 9.78 Å². The summed E-state index contributed by atoms with van der Waals surface area (Å²) < 4.78 is 14.5. The molecule has 2 aromatic carbocycles. The van der Waals surface area contributed by atoms with Gasteiger partial charge in [-0.2, -0.15) is 0 Å². The number of amides is 1. The summed E-state index contributed by atoms with van der Waals surface area (Å²) in [5, 5.41) is 29.0. The van der Waals surface area contributed by atoms with Crippen LogP contribution in [0.5, 0.6) is 0 Å². The van der Waals surface area contributed by atoms with Crippen LogP contribution in [0.4, 0.5) is 4.39 Å². The van der Waals surface area contributed by atoms with E-state index in [0.717, 1.165) is 0 Å². The first-order valence-electron chi connectivity index (χ1n) is 10.3. The molecule has 0 bridgehead atoms. The van der Waals surface area contributed by atoms with E-state index >= 15 is 0 Å². The predicted molar refractivity (Wildman–Crippen MR) is 121 cm³/mol. The molecule has 0 aliphatic rings. The zero-order valence-electron chi connectivity index (χ0n) is 18.0. The molecule has 10 nitrogen and oxygen atoms in total. The normalized spacial score (nSPS) is 11.6. The fraction of sp³-hybridized carbons (Fsp3) is 0.0833. The molecule has 1 unspecified atom stereocenters. The highest BCUT2D eigenvalue weighted by Crippen LogP contribution is 2.18. The number of carbonyl (C=O) groups excluding carboxylic acids is 1. The number of nitrogens with one attached hydrogen (secondary N) is 1. The van der Waals surface area contributed by atoms with Gasteiger partial charge in [-0.05, 0) is 54.1 Å². The van der Waals surface area contributed by atoms with Gasteiger partial charge < -0.3 is 15.5 Å². The topological polar surface area (TPSA) is 147 Å². The first kappa shape index (κ1) is 23.2. The Balaban J connectivity index is 1.44. The summed E-state index contributed by atoms with van der Waals surface area (Å²) >= 11 is 0. The number of carboxylic acids is 2. The molecule has 0 saturated heterocycles. The fourth-order valence-corrected chi connectivity index (χ4v) is 3.25. The number of halogens is 1. The molecule has 11 heteroatoms. The van der Waals surface area contributed by atoms with Crippen LogP contribution >= 0.6 is 0 Å². The van der Waals surface area contributed by atoms with E-state index in [4.69, 9.17) is 5.11 Å². The lowest BCUT2D eigenvalue weighted by Gasteiger charge is -2.14. The van der Waals surface area contributed by atoms with Crippen molar-refractivity contribution in [2.45, 2.75) is 12.5 Å². The molecule has 0 aliphatic heterocycles. The molecule has 1 atom stereocenters. The van der Waals surface area contributed by atoms with Gasteiger partial charge in [0, 0.05) is 18.2 Å². The highest BCUT2D eigenvalue weighted by Gasteiger charge is 2.22. The van der Waals surface area contributed by atoms with Crippen LogP contribution in [0.15, 0.2) is 73.1 Å². The molecule has 0 aliphatic carbocycles. The second kappa shape index (κ2) is 9.91. The quantitative estimate of drug-likeness (QED) is 0.352. The van der Waals surface area contributed by atoms with Crippen molar-refractivity contribution < 1.29 is 29.0 Å². The minimum absolute atomic E-state index is 0.00996. The Labute approximate surface area is 197 Å². The maximum Gasteiger partial charge on any atom is 0.335 e. The van der Waals surface area contributed by atoms with E-state index < -0.39 is 29.7 Å². The van der Waals surface area contributed by atoms with Crippen LogP contribution in [0, 0.1) is 5.82 Å². The Kier molecular flexibility index (Phi) is 6.58. The van der Waals surface area contributed by atoms with Gasteiger partial charge >= 0.3 is 11.9 Å². The summed E-state index contributed by atoms with van der Waals surface area (Å²) in [6, 6.07) is 13.3. The first-order valence-corrected chi connectivity index (χ1v) is 10.3. The number of hydrogen-bond donors (Lipinski definition) is 3. The number of benzene rings is 2. The lowest BCUT2D eigenvalue weighted by molar-refractivity contribution is -0.139. The zero-order valence-corrected chi connectivity index (χ0v) is 18.0. The molecule has 4 rings (SSSR count). The number of pyridine rings is 1. The monoisotopic (exact) mass is 475 g/mol. The van der Waals surface area contributed by atoms with Gasteiger partial charge in [0.1, 0.15) is 23.2 Å². The van der Waals surface area contributed by atoms with Crippen LogP contribution in [0.25, 0.3) is 16.9 Å². The lowest BCUT2D eigenvalue weighted by Crippen LogP contribution is -2.42. The molecule has 2 heterocycles. The molecule has 1 amide bonds. The molecule has 0 saturated carbocycles. The summed E-state index contributed by atoms with van der Waals surface area (Å²) in [7, 11) is 0. The van der Waals surface area contributed by atoms with Crippen molar-refractivity contribution >= 4 is 17.8 Å². The number of carboxylic acid groups (broad SMARTS) is 2. The molecule has 2 aromatic heterocycles. The Morgan fingerprint density at radius 2 is 1.69 bits per heavy atom. The third kappa shape index (κ3) is 5.53. The minimum atomic E-state index is -1.23. The fourth-order valence-electron chi connectivity index (χ4n) is 3.25. The highest BCUT2D eigenvalue weighted by atomic mass is 19.1. The van der Waals surface area contributed by atoms with Crippen molar-refractivity contribution in [2.75, 3.05) is 0 Å². The van der Waals surface area contributed by atoms with Crippen molar-refractivity contribution in [3.63, 3.8) is 0 Å². The Bertz CT molecular complexity index is 1370. The molecule has 0 radical (unpaired) electrons. The number of aromatic nitrogens is 4. The average molecular weight is 475 g/mol. The van der Waals surface area contributed by atoms with Crippen molar-refractivity contribution in [3.05, 3.63) is 95.7 Å². The van der Waals surface area contributed by atoms with Crippen molar-refractivity contribution in [1.29, 1.82) is 0 Å². The minimum Gasteiger partial charge on any atom is -0.480 e. The van der Waals surface area contributed by atoms with Crippen molar-refractivity contribution in [1.82, 2.24) is 25.3 Å². The van der Waals surface area contributed by atoms with Crippen molar-refractivity contribution in [2.24, 2.45) is 0 Å². The number of hydrogen-bond acceptors (Lipinski definition) is 6. The van der Waals surface area contributed by atoms with E-state index in [1.165, 1.54) is 53.3 Å². The van der Waals surface area contributed by atoms with Gasteiger partial charge in [0.15, 0.2) is 0 Å². The summed E-state index contributed by atoms with van der Waals surface area (Å²) in [6.45, 7) is 0. The molecular weight excluding hydrogens is 457 g/mol. The summed E-state index contributed by atoms with van der Waals surface area (Å²) in [5.41, 5.74) is 2.36. The molecule has 0 spiro atoms. The van der Waals surface area contributed by atoms with Crippen LogP contribution in [-0.4, -0.2) is 54.1 Å². The Morgan fingerprint density at radius 1 is 0.971 bits per heavy atom. The van der Waals surface area contributed by atoms with Gasteiger partial charge in [-0.25, -0.2) is 18.7 Å². The number of aliphatic carboxylic acids is 1. The predicted octanol–water partition coefficient (Wildman–Crippen LogP) is 2.59. The maximum absolute atomic E-state index is 13.1. The van der Waals surface area contributed by atoms with E-state index in [1.807, 2.05) is 0 Å². The summed E-state index contributed by atoms with van der Waals surface area (Å²) in [5.74, 6) is -3.37. The standard InChI is InChI=1S/C24H18FN5O5/c25-17-6-1-14(2-7-17)11-20(24(34)35)27-22(31)19-10-5-16(12-26-19)21-13-30(29-28-21)18-8-3-15(4-9-18)23(32)33/h1-10,12-13,20H,11H2,(H,27,31)(H,32,33)(H,34,35). The number of carbonyl (C=O) groups is 3. The maximum atomic E-state index is 13.1. The molecule has 4 aromatic rings. The zero-order chi connectivity index (χ0) is 24.9. The Hall–Kier alpha value is -4.93. The SMILES string of the molecule is O=C(O)c1ccc(-n2cc(-c3ccc(C(=O)NC(Cc4ccc(F)cc4)C(=O)O)nc3)nn2)cc1. The van der Waals surface area contributed by atoms with Crippen LogP contribution in [-0.2, 0) is 11.2 Å². The molecule has 176 valence electrons. The van der Waals surface area contributed by atoms with Crippen molar-refractivity contribution in [3.8, 4) is 16.9 Å². The summed E-state index contributed by atoms with van der Waals surface area (Å²) in [6.07, 6.45) is 3.01. The number of rotatable bonds is 8. The van der Waals surface area contributed by atoms with Gasteiger partial charge in [-0.1, -0.05) is 17.3 Å². The van der Waals surface area contributed by atoms with Gasteiger partial charge in [-0.15, -0.1) is 5.10 Å². The van der Waals surface area contributed by atoms with E-state index in [1.54, 1.807) is 24.4 Å². The van der Waals surface area contributed by atoms with Gasteiger partial charge in [0.05, 0.1) is 17.4 Å². The van der Waals surface area contributed by atoms with E-state index in [9.17, 15) is 23.9 Å². The molecule has 3 N–H and O–H groups in total. The van der Waals surface area contributed by atoms with Gasteiger partial charge in [0.25, 0.3) is 5.91 Å². The molecule has 35 heavy (non-hydrogen) atoms. The number of nitrogens with zero attached hydrogens (tertiary/aromatic N) is 4. The molecule has 0 fully saturated rings. The van der Waals surface area contributed by atoms with Crippen LogP contribution in [0.1, 0.15) is 26.4 Å². The number of aromatic carboxylic acids is 1. The summed E-state index contributed by atoms with van der Waals surface area (Å²) in [4.78, 5) is 39.2. The van der Waals surface area contributed by atoms with Crippen LogP contribution in [0.2, 0.25) is 0 Å². The highest BCUT2D eigenvalue weighted by molar-refractivity contribution is 5.95. The second-order valence-corrected chi connectivity index (χ2v) is 7.53. The third-order valence-electron chi connectivity index (χ3n) is 5.12. The molecular formula is C24H18FN5O5. The Morgan fingerprint density at radius 3 is 2.29 bits per heavy atom. The average Bonchev–Trinajstić information content (AvgIpc) is 3.35. The first-order chi connectivity index (χ1) is 16.8. The van der Waals surface area contributed by atoms with Gasteiger partial charge in [0.2, 0.25) is 0 Å². The van der Waals surface area contributed by atoms with Crippen LogP contribution < -0.4 is 5.32 Å². The van der Waals surface area contributed by atoms with E-state index in [0.29, 0.717) is 22.5 Å². The smallest absolute Gasteiger partial charge is 0.335 e. The largest absolute Gasteiger partial charge is 0.480 e. The third-order valence-corrected chi connectivity index (χ3v) is 5.12. The second-order valence-electron chi connectivity index (χ2n) is 7.53. The van der Waals surface area contributed by atoms with E-state index in [-0.39, 0.29) is 17.7 Å².